The Kier molecular flexibility index (Phi) is 9.17. The highest BCUT2D eigenvalue weighted by Gasteiger charge is 2.18. The van der Waals surface area contributed by atoms with Gasteiger partial charge in [0.05, 0.1) is 26.8 Å². The Morgan fingerprint density at radius 3 is 2.21 bits per heavy atom. The molecule has 0 saturated carbocycles. The van der Waals surface area contributed by atoms with Crippen LogP contribution in [-0.4, -0.2) is 38.6 Å². The van der Waals surface area contributed by atoms with Gasteiger partial charge in [0.2, 0.25) is 11.8 Å². The summed E-state index contributed by atoms with van der Waals surface area (Å²) in [6.45, 7) is 5.38. The Morgan fingerprint density at radius 2 is 1.71 bits per heavy atom. The summed E-state index contributed by atoms with van der Waals surface area (Å²) >= 11 is 0. The highest BCUT2D eigenvalue weighted by Crippen LogP contribution is 2.32. The van der Waals surface area contributed by atoms with Crippen LogP contribution in [0.5, 0.6) is 11.5 Å². The molecule has 1 rings (SSSR count). The van der Waals surface area contributed by atoms with E-state index in [1.165, 1.54) is 7.11 Å². The van der Waals surface area contributed by atoms with Crippen LogP contribution in [0.4, 0.5) is 5.69 Å². The Labute approximate surface area is 148 Å². The van der Waals surface area contributed by atoms with Crippen molar-refractivity contribution in [2.24, 2.45) is 11.7 Å². The fourth-order valence-corrected chi connectivity index (χ4v) is 1.90. The van der Waals surface area contributed by atoms with Gasteiger partial charge in [0.15, 0.2) is 11.5 Å². The van der Waals surface area contributed by atoms with Crippen molar-refractivity contribution in [1.29, 1.82) is 0 Å². The maximum atomic E-state index is 12.0. The van der Waals surface area contributed by atoms with Crippen LogP contribution >= 0.6 is 12.4 Å². The van der Waals surface area contributed by atoms with Gasteiger partial charge in [-0.3, -0.25) is 9.59 Å². The molecule has 4 N–H and O–H groups in total. The average molecular weight is 360 g/mol. The number of amides is 2. The van der Waals surface area contributed by atoms with Gasteiger partial charge >= 0.3 is 0 Å². The average Bonchev–Trinajstić information content (AvgIpc) is 2.53. The molecule has 0 spiro atoms. The van der Waals surface area contributed by atoms with Gasteiger partial charge in [0, 0.05) is 11.8 Å². The number of methoxy groups -OCH3 is 2. The van der Waals surface area contributed by atoms with E-state index >= 15 is 0 Å². The summed E-state index contributed by atoms with van der Waals surface area (Å²) in [5.74, 6) is 0.411. The van der Waals surface area contributed by atoms with Crippen LogP contribution in [0.3, 0.4) is 0 Å². The number of anilines is 1. The summed E-state index contributed by atoms with van der Waals surface area (Å²) in [5.41, 5.74) is 7.13. The topological polar surface area (TPSA) is 103 Å². The van der Waals surface area contributed by atoms with E-state index in [-0.39, 0.29) is 36.7 Å². The molecule has 0 heterocycles. The molecule has 0 aliphatic carbocycles. The first-order chi connectivity index (χ1) is 10.8. The first-order valence-electron chi connectivity index (χ1n) is 7.35. The summed E-state index contributed by atoms with van der Waals surface area (Å²) in [5, 5.41) is 5.25. The van der Waals surface area contributed by atoms with Gasteiger partial charge in [0.25, 0.3) is 0 Å². The smallest absolute Gasteiger partial charge is 0.243 e. The molecule has 0 radical (unpaired) electrons. The third kappa shape index (κ3) is 5.90. The first kappa shape index (κ1) is 22.0. The van der Waals surface area contributed by atoms with Gasteiger partial charge in [-0.05, 0) is 24.5 Å². The second-order valence-electron chi connectivity index (χ2n) is 5.56. The van der Waals surface area contributed by atoms with Crippen LogP contribution in [0.25, 0.3) is 0 Å². The Hall–Kier alpha value is -1.99. The fourth-order valence-electron chi connectivity index (χ4n) is 1.90. The van der Waals surface area contributed by atoms with Crippen LogP contribution in [-0.2, 0) is 9.59 Å². The lowest BCUT2D eigenvalue weighted by Crippen LogP contribution is -2.46. The lowest BCUT2D eigenvalue weighted by molar-refractivity contribution is -0.125. The minimum Gasteiger partial charge on any atom is -0.493 e. The Balaban J connectivity index is 0.00000529. The van der Waals surface area contributed by atoms with Crippen LogP contribution in [0.2, 0.25) is 0 Å². The van der Waals surface area contributed by atoms with Gasteiger partial charge in [0.1, 0.15) is 0 Å². The first-order valence-corrected chi connectivity index (χ1v) is 7.35. The van der Waals surface area contributed by atoms with E-state index in [0.717, 1.165) is 5.56 Å². The fraction of sp³-hybridized carbons (Fsp3) is 0.500. The zero-order chi connectivity index (χ0) is 17.6. The van der Waals surface area contributed by atoms with E-state index in [4.69, 9.17) is 15.2 Å². The number of ether oxygens (including phenoxy) is 2. The predicted molar refractivity (Wildman–Crippen MR) is 96.0 cm³/mol. The minimum absolute atomic E-state index is 0. The molecule has 0 fully saturated rings. The van der Waals surface area contributed by atoms with Gasteiger partial charge in [-0.1, -0.05) is 13.8 Å². The molecule has 1 aromatic rings. The molecule has 24 heavy (non-hydrogen) atoms. The molecule has 7 nitrogen and oxygen atoms in total. The van der Waals surface area contributed by atoms with Crippen LogP contribution in [0.15, 0.2) is 12.1 Å². The van der Waals surface area contributed by atoms with E-state index in [0.29, 0.717) is 17.2 Å². The number of carbonyl (C=O) groups excluding carboxylic acids is 2. The highest BCUT2D eigenvalue weighted by atomic mass is 35.5. The molecule has 136 valence electrons. The number of nitrogens with two attached hydrogens (primary N) is 1. The molecule has 1 aromatic carbocycles. The zero-order valence-electron chi connectivity index (χ0n) is 14.6. The number of benzene rings is 1. The maximum absolute atomic E-state index is 12.0. The van der Waals surface area contributed by atoms with E-state index in [2.05, 4.69) is 10.6 Å². The SMILES string of the molecule is COc1cc(C)c(NC(=O)CNC(=O)[C@@H](N)C(C)C)cc1OC.Cl. The van der Waals surface area contributed by atoms with Crippen molar-refractivity contribution in [3.63, 3.8) is 0 Å². The molecule has 0 aromatic heterocycles. The number of halogens is 1. The number of hydrogen-bond acceptors (Lipinski definition) is 5. The molecule has 0 aliphatic heterocycles. The molecule has 0 aliphatic rings. The number of nitrogens with one attached hydrogen (secondary N) is 2. The molecular weight excluding hydrogens is 334 g/mol. The summed E-state index contributed by atoms with van der Waals surface area (Å²) in [6, 6.07) is 2.81. The second-order valence-corrected chi connectivity index (χ2v) is 5.56. The summed E-state index contributed by atoms with van der Waals surface area (Å²) in [6.07, 6.45) is 0. The Bertz CT molecular complexity index is 579. The third-order valence-corrected chi connectivity index (χ3v) is 3.45. The zero-order valence-corrected chi connectivity index (χ0v) is 15.5. The summed E-state index contributed by atoms with van der Waals surface area (Å²) in [7, 11) is 3.06. The quantitative estimate of drug-likeness (QED) is 0.684. The van der Waals surface area contributed by atoms with Crippen molar-refractivity contribution >= 4 is 29.9 Å². The van der Waals surface area contributed by atoms with Crippen molar-refractivity contribution in [3.8, 4) is 11.5 Å². The highest BCUT2D eigenvalue weighted by molar-refractivity contribution is 5.96. The van der Waals surface area contributed by atoms with Gasteiger partial charge in [-0.2, -0.15) is 0 Å². The summed E-state index contributed by atoms with van der Waals surface area (Å²) in [4.78, 5) is 23.7. The molecule has 0 saturated heterocycles. The molecule has 1 atom stereocenters. The van der Waals surface area contributed by atoms with Crippen LogP contribution in [0, 0.1) is 12.8 Å². The van der Waals surface area contributed by atoms with Gasteiger partial charge in [-0.15, -0.1) is 12.4 Å². The van der Waals surface area contributed by atoms with Crippen molar-refractivity contribution in [2.45, 2.75) is 26.8 Å². The number of carbonyl (C=O) groups is 2. The predicted octanol–water partition coefficient (Wildman–Crippen LogP) is 1.47. The largest absolute Gasteiger partial charge is 0.493 e. The molecule has 0 unspecified atom stereocenters. The van der Waals surface area contributed by atoms with E-state index in [1.54, 1.807) is 19.2 Å². The van der Waals surface area contributed by atoms with Crippen molar-refractivity contribution < 1.29 is 19.1 Å². The lowest BCUT2D eigenvalue weighted by atomic mass is 10.1. The third-order valence-electron chi connectivity index (χ3n) is 3.45. The van der Waals surface area contributed by atoms with E-state index < -0.39 is 6.04 Å². The number of rotatable bonds is 7. The van der Waals surface area contributed by atoms with Crippen molar-refractivity contribution in [3.05, 3.63) is 17.7 Å². The van der Waals surface area contributed by atoms with Crippen LogP contribution in [0.1, 0.15) is 19.4 Å². The minimum atomic E-state index is -0.634. The van der Waals surface area contributed by atoms with Crippen LogP contribution < -0.4 is 25.8 Å². The molecule has 0 bridgehead atoms. The van der Waals surface area contributed by atoms with Crippen molar-refractivity contribution in [2.75, 3.05) is 26.1 Å². The normalized spacial score (nSPS) is 11.3. The molecular formula is C16H26ClN3O4. The number of hydrogen-bond donors (Lipinski definition) is 3. The maximum Gasteiger partial charge on any atom is 0.243 e. The monoisotopic (exact) mass is 359 g/mol. The van der Waals surface area contributed by atoms with E-state index in [9.17, 15) is 9.59 Å². The van der Waals surface area contributed by atoms with Gasteiger partial charge in [-0.25, -0.2) is 0 Å². The standard InChI is InChI=1S/C16H25N3O4.ClH/c1-9(2)15(17)16(21)18-8-14(20)19-11-7-13(23-5)12(22-4)6-10(11)3;/h6-7,9,15H,8,17H2,1-5H3,(H,18,21)(H,19,20);1H/t15-;/m0./s1. The molecule has 8 heteroatoms. The van der Waals surface area contributed by atoms with Crippen molar-refractivity contribution in [1.82, 2.24) is 5.32 Å². The Morgan fingerprint density at radius 1 is 1.17 bits per heavy atom. The van der Waals surface area contributed by atoms with Gasteiger partial charge < -0.3 is 25.8 Å². The number of aryl methyl sites for hydroxylation is 1. The second kappa shape index (κ2) is 10.00. The molecule has 2 amide bonds. The lowest BCUT2D eigenvalue weighted by Gasteiger charge is -2.16. The van der Waals surface area contributed by atoms with E-state index in [1.807, 2.05) is 20.8 Å². The summed E-state index contributed by atoms with van der Waals surface area (Å²) < 4.78 is 10.4.